The van der Waals surface area contributed by atoms with Crippen molar-refractivity contribution in [1.82, 2.24) is 24.3 Å². The molecule has 1 amide bonds. The summed E-state index contributed by atoms with van der Waals surface area (Å²) >= 11 is 0. The number of hydrogen-bond donors (Lipinski definition) is 2. The van der Waals surface area contributed by atoms with Crippen molar-refractivity contribution in [1.29, 1.82) is 0 Å². The van der Waals surface area contributed by atoms with Crippen LogP contribution in [0.2, 0.25) is 0 Å². The summed E-state index contributed by atoms with van der Waals surface area (Å²) in [5.41, 5.74) is 8.84. The number of rotatable bonds is 5. The average molecular weight is 494 g/mol. The first kappa shape index (κ1) is 23.2. The molecule has 2 saturated heterocycles. The maximum atomic E-state index is 12.7. The summed E-state index contributed by atoms with van der Waals surface area (Å²) in [5, 5.41) is 2.81. The molecule has 2 bridgehead atoms. The predicted molar refractivity (Wildman–Crippen MR) is 141 cm³/mol. The predicted octanol–water partition coefficient (Wildman–Crippen LogP) is 3.34. The second-order valence-electron chi connectivity index (χ2n) is 9.36. The van der Waals surface area contributed by atoms with Crippen LogP contribution >= 0.6 is 0 Å². The summed E-state index contributed by atoms with van der Waals surface area (Å²) < 4.78 is 8.11. The number of nitrogens with one attached hydrogen (secondary N) is 1. The van der Waals surface area contributed by atoms with Crippen molar-refractivity contribution >= 4 is 23.1 Å². The fourth-order valence-electron chi connectivity index (χ4n) is 5.49. The number of nitrogens with two attached hydrogens (primary N) is 1. The van der Waals surface area contributed by atoms with Crippen molar-refractivity contribution < 1.29 is 9.53 Å². The number of hydrogen-bond acceptors (Lipinski definition) is 7. The van der Waals surface area contributed by atoms with Crippen molar-refractivity contribution in [3.63, 3.8) is 0 Å². The number of ether oxygens (including phenoxy) is 1. The highest BCUT2D eigenvalue weighted by atomic mass is 16.5. The number of morpholine rings is 1. The third kappa shape index (κ3) is 3.91. The SMILES string of the molecule is CC#CCN1C2CCC1(c1nc(-c3ccc(C(=O)Nc4ccccn4)cc3)c3c(N)nccn13)COC2. The molecule has 2 aliphatic heterocycles. The normalized spacial score (nSPS) is 20.9. The first-order valence-electron chi connectivity index (χ1n) is 12.3. The van der Waals surface area contributed by atoms with Crippen LogP contribution in [-0.4, -0.2) is 56.0 Å². The maximum absolute atomic E-state index is 12.7. The van der Waals surface area contributed by atoms with Gasteiger partial charge in [-0.25, -0.2) is 15.0 Å². The van der Waals surface area contributed by atoms with Gasteiger partial charge >= 0.3 is 0 Å². The van der Waals surface area contributed by atoms with Crippen LogP contribution in [0.4, 0.5) is 11.6 Å². The molecule has 1 aromatic carbocycles. The Labute approximate surface area is 214 Å². The minimum atomic E-state index is -0.399. The van der Waals surface area contributed by atoms with Gasteiger partial charge in [0.2, 0.25) is 0 Å². The highest BCUT2D eigenvalue weighted by molar-refractivity contribution is 6.04. The van der Waals surface area contributed by atoms with Crippen LogP contribution in [-0.2, 0) is 10.3 Å². The molecule has 186 valence electrons. The van der Waals surface area contributed by atoms with Crippen LogP contribution in [0.25, 0.3) is 16.8 Å². The molecule has 9 nitrogen and oxygen atoms in total. The molecular weight excluding hydrogens is 466 g/mol. The Bertz CT molecular complexity index is 1520. The summed E-state index contributed by atoms with van der Waals surface area (Å²) in [6.45, 7) is 3.78. The number of benzene rings is 1. The number of fused-ring (bicyclic) bond motifs is 3. The summed E-state index contributed by atoms with van der Waals surface area (Å²) in [4.78, 5) is 28.8. The highest BCUT2D eigenvalue weighted by Gasteiger charge is 2.53. The number of pyridine rings is 1. The standard InChI is InChI=1S/C28H27N7O2/c1-2-3-15-35-21-11-12-28(35,18-37-17-21)27-33-23(24-25(29)31-14-16-34(24)27)19-7-9-20(10-8-19)26(36)32-22-6-4-5-13-30-22/h4-10,13-14,16,21H,11-12,15,17-18H2,1H3,(H2,29,31)(H,30,32,36). The summed E-state index contributed by atoms with van der Waals surface area (Å²) in [6, 6.07) is 13.0. The van der Waals surface area contributed by atoms with Gasteiger partial charge in [-0.2, -0.15) is 0 Å². The van der Waals surface area contributed by atoms with Crippen LogP contribution in [0.5, 0.6) is 0 Å². The Balaban J connectivity index is 1.40. The van der Waals surface area contributed by atoms with Crippen molar-refractivity contribution in [2.24, 2.45) is 0 Å². The molecule has 0 spiro atoms. The molecule has 0 radical (unpaired) electrons. The largest absolute Gasteiger partial charge is 0.382 e. The Morgan fingerprint density at radius 3 is 2.86 bits per heavy atom. The third-order valence-corrected chi connectivity index (χ3v) is 7.29. The Morgan fingerprint density at radius 2 is 2.08 bits per heavy atom. The van der Waals surface area contributed by atoms with Crippen molar-refractivity contribution in [2.75, 3.05) is 30.8 Å². The highest BCUT2D eigenvalue weighted by Crippen LogP contribution is 2.46. The molecule has 2 aliphatic rings. The molecule has 3 aromatic heterocycles. The first-order chi connectivity index (χ1) is 18.1. The number of carbonyl (C=O) groups is 1. The van der Waals surface area contributed by atoms with Gasteiger partial charge in [-0.1, -0.05) is 24.1 Å². The fourth-order valence-corrected chi connectivity index (χ4v) is 5.49. The zero-order valence-electron chi connectivity index (χ0n) is 20.5. The number of anilines is 2. The zero-order valence-corrected chi connectivity index (χ0v) is 20.5. The first-order valence-corrected chi connectivity index (χ1v) is 12.3. The number of carbonyl (C=O) groups excluding carboxylic acids is 1. The van der Waals surface area contributed by atoms with Crippen LogP contribution in [0.3, 0.4) is 0 Å². The van der Waals surface area contributed by atoms with E-state index in [9.17, 15) is 4.79 Å². The summed E-state index contributed by atoms with van der Waals surface area (Å²) in [7, 11) is 0. The van der Waals surface area contributed by atoms with E-state index in [1.165, 1.54) is 0 Å². The summed E-state index contributed by atoms with van der Waals surface area (Å²) in [6.07, 6.45) is 7.20. The molecule has 3 N–H and O–H groups in total. The zero-order chi connectivity index (χ0) is 25.4. The third-order valence-electron chi connectivity index (χ3n) is 7.29. The van der Waals surface area contributed by atoms with Gasteiger partial charge in [-0.3, -0.25) is 14.1 Å². The lowest BCUT2D eigenvalue weighted by Crippen LogP contribution is -2.54. The van der Waals surface area contributed by atoms with Gasteiger partial charge in [0.05, 0.1) is 19.8 Å². The smallest absolute Gasteiger partial charge is 0.256 e. The molecule has 37 heavy (non-hydrogen) atoms. The lowest BCUT2D eigenvalue weighted by Gasteiger charge is -2.42. The minimum absolute atomic E-state index is 0.232. The van der Waals surface area contributed by atoms with E-state index in [4.69, 9.17) is 15.5 Å². The molecular formula is C28H27N7O2. The van der Waals surface area contributed by atoms with Gasteiger partial charge in [0.15, 0.2) is 0 Å². The molecule has 2 fully saturated rings. The van der Waals surface area contributed by atoms with E-state index in [1.54, 1.807) is 36.7 Å². The molecule has 9 heteroatoms. The summed E-state index contributed by atoms with van der Waals surface area (Å²) in [5.74, 6) is 7.83. The van der Waals surface area contributed by atoms with Crippen LogP contribution in [0.15, 0.2) is 61.1 Å². The van der Waals surface area contributed by atoms with Gasteiger partial charge in [0, 0.05) is 35.8 Å². The number of nitrogen functional groups attached to an aromatic ring is 1. The Morgan fingerprint density at radius 1 is 1.22 bits per heavy atom. The topological polar surface area (TPSA) is 111 Å². The van der Waals surface area contributed by atoms with E-state index in [2.05, 4.69) is 32.0 Å². The lowest BCUT2D eigenvalue weighted by molar-refractivity contribution is -0.0689. The number of aromatic nitrogens is 4. The van der Waals surface area contributed by atoms with Crippen LogP contribution in [0, 0.1) is 11.8 Å². The molecule has 4 aromatic rings. The van der Waals surface area contributed by atoms with E-state index in [0.717, 1.165) is 35.4 Å². The molecule has 5 heterocycles. The van der Waals surface area contributed by atoms with E-state index >= 15 is 0 Å². The molecule has 2 atom stereocenters. The van der Waals surface area contributed by atoms with E-state index < -0.39 is 5.54 Å². The molecule has 6 rings (SSSR count). The van der Waals surface area contributed by atoms with Gasteiger partial charge in [-0.05, 0) is 44.0 Å². The van der Waals surface area contributed by atoms with Gasteiger partial charge in [-0.15, -0.1) is 5.92 Å². The van der Waals surface area contributed by atoms with Crippen LogP contribution < -0.4 is 11.1 Å². The van der Waals surface area contributed by atoms with E-state index in [-0.39, 0.29) is 5.91 Å². The van der Waals surface area contributed by atoms with Crippen molar-refractivity contribution in [3.8, 4) is 23.1 Å². The maximum Gasteiger partial charge on any atom is 0.256 e. The van der Waals surface area contributed by atoms with Crippen molar-refractivity contribution in [3.05, 3.63) is 72.4 Å². The number of imidazole rings is 1. The molecule has 0 aliphatic carbocycles. The monoisotopic (exact) mass is 493 g/mol. The number of amides is 1. The molecule has 2 unspecified atom stereocenters. The number of nitrogens with zero attached hydrogens (tertiary/aromatic N) is 5. The second kappa shape index (κ2) is 9.32. The van der Waals surface area contributed by atoms with Crippen LogP contribution in [0.1, 0.15) is 35.9 Å². The van der Waals surface area contributed by atoms with Crippen molar-refractivity contribution in [2.45, 2.75) is 31.3 Å². The van der Waals surface area contributed by atoms with E-state index in [0.29, 0.717) is 43.0 Å². The van der Waals surface area contributed by atoms with Gasteiger partial charge < -0.3 is 15.8 Å². The minimum Gasteiger partial charge on any atom is -0.382 e. The fraction of sp³-hybridized carbons (Fsp3) is 0.286. The average Bonchev–Trinajstić information content (AvgIpc) is 3.41. The quantitative estimate of drug-likeness (QED) is 0.410. The lowest BCUT2D eigenvalue weighted by atomic mass is 9.95. The molecule has 0 saturated carbocycles. The Hall–Kier alpha value is -4.26. The van der Waals surface area contributed by atoms with Gasteiger partial charge in [0.1, 0.15) is 34.2 Å². The Kier molecular flexibility index (Phi) is 5.83. The van der Waals surface area contributed by atoms with Gasteiger partial charge in [0.25, 0.3) is 5.91 Å². The van der Waals surface area contributed by atoms with E-state index in [1.807, 2.05) is 35.7 Å². The second-order valence-corrected chi connectivity index (χ2v) is 9.36.